The van der Waals surface area contributed by atoms with E-state index in [9.17, 15) is 0 Å². The van der Waals surface area contributed by atoms with Gasteiger partial charge in [0.05, 0.1) is 29.7 Å². The minimum atomic E-state index is 0.312. The van der Waals surface area contributed by atoms with E-state index in [0.29, 0.717) is 12.6 Å². The van der Waals surface area contributed by atoms with E-state index >= 15 is 0 Å². The molecule has 1 aliphatic carbocycles. The Bertz CT molecular complexity index is 994. The number of nitrogens with zero attached hydrogens (tertiary/aromatic N) is 6. The molecule has 0 aliphatic heterocycles. The second-order valence-electron chi connectivity index (χ2n) is 8.00. The zero-order valence-electron chi connectivity index (χ0n) is 18.6. The zero-order chi connectivity index (χ0) is 21.6. The fourth-order valence-corrected chi connectivity index (χ4v) is 4.53. The molecule has 1 fully saturated rings. The second-order valence-corrected chi connectivity index (χ2v) is 8.75. The van der Waals surface area contributed by atoms with Crippen molar-refractivity contribution in [2.45, 2.75) is 77.9 Å². The van der Waals surface area contributed by atoms with Gasteiger partial charge in [-0.3, -0.25) is 0 Å². The molecule has 1 saturated carbocycles. The molecule has 1 aliphatic rings. The molecular weight excluding hydrogens is 410 g/mol. The maximum absolute atomic E-state index is 6.30. The Morgan fingerprint density at radius 2 is 2.00 bits per heavy atom. The van der Waals surface area contributed by atoms with Crippen LogP contribution < -0.4 is 10.1 Å². The Kier molecular flexibility index (Phi) is 7.11. The van der Waals surface area contributed by atoms with Crippen molar-refractivity contribution in [1.29, 1.82) is 0 Å². The third-order valence-corrected chi connectivity index (χ3v) is 6.36. The standard InChI is InChI=1S/C22H31N7OS/c1-4-9-20-25-22(31-27-20)23-14-18-21(26-28-29(18)3)17-12-13-19(16(5-2)24-17)30-15-10-7-6-8-11-15/h12-13,15H,4-11,14H2,1-3H3,(H,23,25,27). The first-order chi connectivity index (χ1) is 15.2. The third-order valence-electron chi connectivity index (χ3n) is 5.65. The van der Waals surface area contributed by atoms with Gasteiger partial charge in [0.25, 0.3) is 0 Å². The first kappa shape index (κ1) is 21.7. The number of aryl methyl sites for hydroxylation is 3. The molecule has 9 heteroatoms. The van der Waals surface area contributed by atoms with Crippen molar-refractivity contribution in [3.05, 3.63) is 29.3 Å². The number of pyridine rings is 1. The summed E-state index contributed by atoms with van der Waals surface area (Å²) in [5.41, 5.74) is 3.54. The predicted octanol–water partition coefficient (Wildman–Crippen LogP) is 4.57. The molecule has 31 heavy (non-hydrogen) atoms. The van der Waals surface area contributed by atoms with Gasteiger partial charge in [0, 0.05) is 25.0 Å². The van der Waals surface area contributed by atoms with E-state index in [1.54, 1.807) is 4.68 Å². The minimum Gasteiger partial charge on any atom is -0.489 e. The average molecular weight is 442 g/mol. The Balaban J connectivity index is 1.51. The lowest BCUT2D eigenvalue weighted by Crippen LogP contribution is -2.20. The van der Waals surface area contributed by atoms with E-state index in [-0.39, 0.29) is 0 Å². The van der Waals surface area contributed by atoms with Gasteiger partial charge >= 0.3 is 0 Å². The second kappa shape index (κ2) is 10.2. The highest BCUT2D eigenvalue weighted by atomic mass is 32.1. The summed E-state index contributed by atoms with van der Waals surface area (Å²) >= 11 is 1.39. The molecule has 4 rings (SSSR count). The van der Waals surface area contributed by atoms with Gasteiger partial charge in [0.2, 0.25) is 5.13 Å². The highest BCUT2D eigenvalue weighted by molar-refractivity contribution is 7.09. The van der Waals surface area contributed by atoms with Crippen LogP contribution in [0.3, 0.4) is 0 Å². The molecule has 0 radical (unpaired) electrons. The topological polar surface area (TPSA) is 90.6 Å². The van der Waals surface area contributed by atoms with Crippen LogP contribution in [0.25, 0.3) is 11.4 Å². The summed E-state index contributed by atoms with van der Waals surface area (Å²) in [5, 5.41) is 12.8. The van der Waals surface area contributed by atoms with Crippen LogP contribution in [0, 0.1) is 0 Å². The van der Waals surface area contributed by atoms with Crippen molar-refractivity contribution < 1.29 is 4.74 Å². The van der Waals surface area contributed by atoms with Crippen molar-refractivity contribution in [2.24, 2.45) is 7.05 Å². The fourth-order valence-electron chi connectivity index (χ4n) is 3.93. The van der Waals surface area contributed by atoms with Gasteiger partial charge in [-0.05, 0) is 50.7 Å². The molecule has 3 heterocycles. The van der Waals surface area contributed by atoms with Gasteiger partial charge in [-0.1, -0.05) is 25.5 Å². The Hall–Kier alpha value is -2.55. The summed E-state index contributed by atoms with van der Waals surface area (Å²) in [5.74, 6) is 1.79. The van der Waals surface area contributed by atoms with Crippen LogP contribution in [-0.4, -0.2) is 35.4 Å². The maximum Gasteiger partial charge on any atom is 0.202 e. The summed E-state index contributed by atoms with van der Waals surface area (Å²) in [7, 11) is 1.90. The smallest absolute Gasteiger partial charge is 0.202 e. The van der Waals surface area contributed by atoms with Gasteiger partial charge in [0.15, 0.2) is 0 Å². The lowest BCUT2D eigenvalue weighted by Gasteiger charge is -2.24. The first-order valence-corrected chi connectivity index (χ1v) is 12.1. The quantitative estimate of drug-likeness (QED) is 0.520. The first-order valence-electron chi connectivity index (χ1n) is 11.3. The van der Waals surface area contributed by atoms with Gasteiger partial charge in [-0.25, -0.2) is 14.6 Å². The molecule has 1 N–H and O–H groups in total. The zero-order valence-corrected chi connectivity index (χ0v) is 19.4. The molecule has 0 aromatic carbocycles. The predicted molar refractivity (Wildman–Crippen MR) is 122 cm³/mol. The summed E-state index contributed by atoms with van der Waals surface area (Å²) in [6.45, 7) is 4.80. The Morgan fingerprint density at radius 3 is 2.77 bits per heavy atom. The van der Waals surface area contributed by atoms with Crippen LogP contribution in [0.2, 0.25) is 0 Å². The summed E-state index contributed by atoms with van der Waals surface area (Å²) < 4.78 is 12.5. The fraction of sp³-hybridized carbons (Fsp3) is 0.591. The van der Waals surface area contributed by atoms with Gasteiger partial charge in [0.1, 0.15) is 17.3 Å². The maximum atomic E-state index is 6.30. The summed E-state index contributed by atoms with van der Waals surface area (Å²) in [4.78, 5) is 9.43. The summed E-state index contributed by atoms with van der Waals surface area (Å²) in [6, 6.07) is 4.04. The number of anilines is 1. The average Bonchev–Trinajstić information content (AvgIpc) is 3.39. The molecule has 0 bridgehead atoms. The molecule has 0 spiro atoms. The van der Waals surface area contributed by atoms with Crippen molar-refractivity contribution in [1.82, 2.24) is 29.3 Å². The largest absolute Gasteiger partial charge is 0.489 e. The third kappa shape index (κ3) is 5.20. The molecule has 3 aromatic heterocycles. The number of rotatable bonds is 9. The number of ether oxygens (including phenoxy) is 1. The highest BCUT2D eigenvalue weighted by Crippen LogP contribution is 2.29. The minimum absolute atomic E-state index is 0.312. The van der Waals surface area contributed by atoms with Crippen LogP contribution in [0.4, 0.5) is 5.13 Å². The number of hydrogen-bond acceptors (Lipinski definition) is 8. The van der Waals surface area contributed by atoms with E-state index in [1.165, 1.54) is 30.8 Å². The van der Waals surface area contributed by atoms with Gasteiger partial charge in [-0.2, -0.15) is 4.37 Å². The van der Waals surface area contributed by atoms with Crippen LogP contribution in [0.1, 0.15) is 69.6 Å². The lowest BCUT2D eigenvalue weighted by atomic mass is 9.98. The van der Waals surface area contributed by atoms with Crippen molar-refractivity contribution in [3.8, 4) is 17.1 Å². The Morgan fingerprint density at radius 1 is 1.16 bits per heavy atom. The van der Waals surface area contributed by atoms with Crippen molar-refractivity contribution in [3.63, 3.8) is 0 Å². The molecule has 3 aromatic rings. The van der Waals surface area contributed by atoms with E-state index in [1.807, 2.05) is 19.2 Å². The van der Waals surface area contributed by atoms with Crippen LogP contribution in [0.15, 0.2) is 12.1 Å². The molecular formula is C22H31N7OS. The molecule has 0 atom stereocenters. The normalized spacial score (nSPS) is 14.7. The molecule has 0 amide bonds. The van der Waals surface area contributed by atoms with Crippen LogP contribution >= 0.6 is 11.5 Å². The highest BCUT2D eigenvalue weighted by Gasteiger charge is 2.19. The number of aromatic nitrogens is 6. The molecule has 0 saturated heterocycles. The molecule has 0 unspecified atom stereocenters. The van der Waals surface area contributed by atoms with Gasteiger partial charge in [-0.15, -0.1) is 5.10 Å². The van der Waals surface area contributed by atoms with Crippen LogP contribution in [-0.2, 0) is 26.4 Å². The SMILES string of the molecule is CCCc1nsc(NCc2c(-c3ccc(OC4CCCCC4)c(CC)n3)nnn2C)n1. The van der Waals surface area contributed by atoms with Crippen molar-refractivity contribution >= 4 is 16.7 Å². The van der Waals surface area contributed by atoms with E-state index in [4.69, 9.17) is 9.72 Å². The molecule has 8 nitrogen and oxygen atoms in total. The lowest BCUT2D eigenvalue weighted by molar-refractivity contribution is 0.153. The Labute approximate surface area is 187 Å². The van der Waals surface area contributed by atoms with E-state index in [0.717, 1.165) is 71.6 Å². The van der Waals surface area contributed by atoms with E-state index in [2.05, 4.69) is 38.8 Å². The summed E-state index contributed by atoms with van der Waals surface area (Å²) in [6.07, 6.45) is 9.16. The van der Waals surface area contributed by atoms with Crippen molar-refractivity contribution in [2.75, 3.05) is 5.32 Å². The van der Waals surface area contributed by atoms with Crippen LogP contribution in [0.5, 0.6) is 5.75 Å². The van der Waals surface area contributed by atoms with Gasteiger partial charge < -0.3 is 10.1 Å². The monoisotopic (exact) mass is 441 g/mol. The van der Waals surface area contributed by atoms with E-state index < -0.39 is 0 Å². The number of hydrogen-bond donors (Lipinski definition) is 1. The number of nitrogens with one attached hydrogen (secondary N) is 1. The molecule has 166 valence electrons.